The lowest BCUT2D eigenvalue weighted by Crippen LogP contribution is -2.62. The molecule has 2 bridgehead atoms. The number of aromatic nitrogens is 3. The lowest BCUT2D eigenvalue weighted by atomic mass is 10.1. The van der Waals surface area contributed by atoms with Crippen molar-refractivity contribution in [2.45, 2.75) is 6.04 Å². The van der Waals surface area contributed by atoms with Crippen molar-refractivity contribution < 1.29 is 4.39 Å². The van der Waals surface area contributed by atoms with Crippen molar-refractivity contribution >= 4 is 21.4 Å². The Hall–Kier alpha value is -2.03. The number of rotatable bonds is 4. The summed E-state index contributed by atoms with van der Waals surface area (Å²) in [6, 6.07) is 6.94. The Kier molecular flexibility index (Phi) is 3.69. The molecule has 3 aliphatic heterocycles. The molecular weight excluding hydrogens is 339 g/mol. The molecule has 3 fully saturated rings. The molecule has 0 amide bonds. The molecule has 3 saturated heterocycles. The molecule has 0 aliphatic carbocycles. The minimum Gasteiger partial charge on any atom is -0.358 e. The van der Waals surface area contributed by atoms with Gasteiger partial charge in [-0.2, -0.15) is 0 Å². The summed E-state index contributed by atoms with van der Waals surface area (Å²) in [4.78, 5) is 10.6. The molecule has 1 atom stereocenters. The highest BCUT2D eigenvalue weighted by atomic mass is 32.1. The quantitative estimate of drug-likeness (QED) is 0.773. The van der Waals surface area contributed by atoms with Gasteiger partial charge < -0.3 is 5.32 Å². The fourth-order valence-electron chi connectivity index (χ4n) is 3.65. The van der Waals surface area contributed by atoms with E-state index in [9.17, 15) is 4.39 Å². The number of imidazole rings is 1. The number of anilines is 1. The summed E-state index contributed by atoms with van der Waals surface area (Å²) in [7, 11) is 0. The molecule has 0 saturated carbocycles. The first-order chi connectivity index (χ1) is 12.2. The highest BCUT2D eigenvalue weighted by molar-refractivity contribution is 7.20. The minimum absolute atomic E-state index is 0.238. The normalized spacial score (nSPS) is 25.6. The Morgan fingerprint density at radius 3 is 2.64 bits per heavy atom. The van der Waals surface area contributed by atoms with Gasteiger partial charge in [0, 0.05) is 50.9 Å². The van der Waals surface area contributed by atoms with Crippen LogP contribution in [0.1, 0.15) is 0 Å². The molecule has 6 nitrogen and oxygen atoms in total. The van der Waals surface area contributed by atoms with Gasteiger partial charge in [0.1, 0.15) is 5.82 Å². The number of benzene rings is 1. The van der Waals surface area contributed by atoms with Gasteiger partial charge in [-0.05, 0) is 24.3 Å². The van der Waals surface area contributed by atoms with E-state index in [1.807, 2.05) is 6.20 Å². The van der Waals surface area contributed by atoms with Gasteiger partial charge in [-0.1, -0.05) is 11.3 Å². The van der Waals surface area contributed by atoms with Gasteiger partial charge in [0.15, 0.2) is 0 Å². The van der Waals surface area contributed by atoms with Crippen molar-refractivity contribution in [3.8, 4) is 11.3 Å². The van der Waals surface area contributed by atoms with Crippen LogP contribution in [0, 0.1) is 5.82 Å². The molecular formula is C17H19FN6S. The Labute approximate surface area is 148 Å². The number of hydrogen-bond donors (Lipinski definition) is 1. The Balaban J connectivity index is 1.29. The molecule has 1 N–H and O–H groups in total. The van der Waals surface area contributed by atoms with Crippen LogP contribution < -0.4 is 5.32 Å². The van der Waals surface area contributed by atoms with Crippen LogP contribution in [-0.4, -0.2) is 69.7 Å². The molecule has 1 unspecified atom stereocenters. The number of fused-ring (bicyclic) bond motifs is 4. The van der Waals surface area contributed by atoms with Gasteiger partial charge in [-0.15, -0.1) is 5.10 Å². The van der Waals surface area contributed by atoms with E-state index in [0.29, 0.717) is 6.04 Å². The number of nitrogens with zero attached hydrogens (tertiary/aromatic N) is 5. The van der Waals surface area contributed by atoms with Crippen molar-refractivity contribution in [1.29, 1.82) is 0 Å². The van der Waals surface area contributed by atoms with E-state index in [4.69, 9.17) is 0 Å². The van der Waals surface area contributed by atoms with Gasteiger partial charge in [-0.25, -0.2) is 13.9 Å². The van der Waals surface area contributed by atoms with E-state index in [-0.39, 0.29) is 5.82 Å². The predicted molar refractivity (Wildman–Crippen MR) is 96.5 cm³/mol. The van der Waals surface area contributed by atoms with Crippen molar-refractivity contribution in [3.63, 3.8) is 0 Å². The minimum atomic E-state index is -0.238. The SMILES string of the molecule is Fc1ccc(-c2cn3nc(NCC4CN5CCN4CC5)sc3n2)cc1. The lowest BCUT2D eigenvalue weighted by molar-refractivity contribution is 0.0189. The van der Waals surface area contributed by atoms with E-state index < -0.39 is 0 Å². The summed E-state index contributed by atoms with van der Waals surface area (Å²) in [6.07, 6.45) is 1.89. The maximum absolute atomic E-state index is 13.0. The van der Waals surface area contributed by atoms with Gasteiger partial charge in [0.2, 0.25) is 10.1 Å². The lowest BCUT2D eigenvalue weighted by Gasteiger charge is -2.47. The molecule has 25 heavy (non-hydrogen) atoms. The third kappa shape index (κ3) is 2.90. The second kappa shape index (κ2) is 6.05. The molecule has 3 aromatic rings. The predicted octanol–water partition coefficient (Wildman–Crippen LogP) is 2.01. The Morgan fingerprint density at radius 2 is 1.96 bits per heavy atom. The van der Waals surface area contributed by atoms with E-state index in [0.717, 1.165) is 34.4 Å². The molecule has 3 aliphatic rings. The van der Waals surface area contributed by atoms with Crippen molar-refractivity contribution in [2.75, 3.05) is 44.6 Å². The largest absolute Gasteiger partial charge is 0.358 e. The topological polar surface area (TPSA) is 48.7 Å². The van der Waals surface area contributed by atoms with Crippen LogP contribution in [0.3, 0.4) is 0 Å². The van der Waals surface area contributed by atoms with Crippen LogP contribution in [0.15, 0.2) is 30.5 Å². The number of hydrogen-bond acceptors (Lipinski definition) is 6. The van der Waals surface area contributed by atoms with Gasteiger partial charge in [0.25, 0.3) is 0 Å². The smallest absolute Gasteiger partial charge is 0.214 e. The monoisotopic (exact) mass is 358 g/mol. The molecule has 1 aromatic carbocycles. The zero-order valence-electron chi connectivity index (χ0n) is 13.7. The molecule has 6 rings (SSSR count). The van der Waals surface area contributed by atoms with Crippen LogP contribution in [0.4, 0.5) is 9.52 Å². The summed E-state index contributed by atoms with van der Waals surface area (Å²) in [5.74, 6) is -0.238. The number of halogens is 1. The third-order valence-electron chi connectivity index (χ3n) is 5.06. The molecule has 8 heteroatoms. The average Bonchev–Trinajstić information content (AvgIpc) is 3.20. The molecule has 0 spiro atoms. The Morgan fingerprint density at radius 1 is 1.16 bits per heavy atom. The maximum atomic E-state index is 13.0. The Bertz CT molecular complexity index is 849. The van der Waals surface area contributed by atoms with E-state index in [1.165, 1.54) is 38.3 Å². The summed E-state index contributed by atoms with van der Waals surface area (Å²) in [6.45, 7) is 6.81. The summed E-state index contributed by atoms with van der Waals surface area (Å²) in [5.41, 5.74) is 1.71. The van der Waals surface area contributed by atoms with Crippen LogP contribution in [0.5, 0.6) is 0 Å². The van der Waals surface area contributed by atoms with Gasteiger partial charge in [-0.3, -0.25) is 9.80 Å². The molecule has 5 heterocycles. The van der Waals surface area contributed by atoms with E-state index in [2.05, 4.69) is 25.2 Å². The fraction of sp³-hybridized carbons (Fsp3) is 0.412. The first-order valence-electron chi connectivity index (χ1n) is 8.57. The number of nitrogens with one attached hydrogen (secondary N) is 1. The summed E-state index contributed by atoms with van der Waals surface area (Å²) in [5, 5.41) is 8.94. The van der Waals surface area contributed by atoms with Crippen LogP contribution in [-0.2, 0) is 0 Å². The fourth-order valence-corrected chi connectivity index (χ4v) is 4.44. The van der Waals surface area contributed by atoms with Gasteiger partial charge in [0.05, 0.1) is 11.9 Å². The summed E-state index contributed by atoms with van der Waals surface area (Å²) >= 11 is 1.55. The molecule has 0 radical (unpaired) electrons. The van der Waals surface area contributed by atoms with E-state index >= 15 is 0 Å². The number of piperazine rings is 3. The van der Waals surface area contributed by atoms with Crippen LogP contribution in [0.2, 0.25) is 0 Å². The highest BCUT2D eigenvalue weighted by Crippen LogP contribution is 2.25. The average molecular weight is 358 g/mol. The standard InChI is InChI=1S/C17H19FN6S/c18-13-3-1-12(2-4-13)15-11-24-17(20-15)25-16(21-24)19-9-14-10-22-5-7-23(14)8-6-22/h1-4,11,14H,5-10H2,(H,19,21). The molecule has 130 valence electrons. The third-order valence-corrected chi connectivity index (χ3v) is 5.94. The van der Waals surface area contributed by atoms with E-state index in [1.54, 1.807) is 28.0 Å². The van der Waals surface area contributed by atoms with Crippen molar-refractivity contribution in [1.82, 2.24) is 24.4 Å². The van der Waals surface area contributed by atoms with Crippen LogP contribution >= 0.6 is 11.3 Å². The van der Waals surface area contributed by atoms with Gasteiger partial charge >= 0.3 is 0 Å². The maximum Gasteiger partial charge on any atom is 0.214 e. The first-order valence-corrected chi connectivity index (χ1v) is 9.39. The first kappa shape index (κ1) is 15.2. The molecule has 2 aromatic heterocycles. The van der Waals surface area contributed by atoms with Crippen molar-refractivity contribution in [2.24, 2.45) is 0 Å². The summed E-state index contributed by atoms with van der Waals surface area (Å²) < 4.78 is 14.8. The highest BCUT2D eigenvalue weighted by Gasteiger charge is 2.31. The second-order valence-electron chi connectivity index (χ2n) is 6.64. The zero-order valence-corrected chi connectivity index (χ0v) is 14.5. The zero-order chi connectivity index (χ0) is 16.8. The second-order valence-corrected chi connectivity index (χ2v) is 7.59. The van der Waals surface area contributed by atoms with Crippen molar-refractivity contribution in [3.05, 3.63) is 36.3 Å². The van der Waals surface area contributed by atoms with Crippen LogP contribution in [0.25, 0.3) is 16.2 Å².